The van der Waals surface area contributed by atoms with Crippen LogP contribution in [0.3, 0.4) is 0 Å². The van der Waals surface area contributed by atoms with Gasteiger partial charge in [-0.15, -0.1) is 11.6 Å². The van der Waals surface area contributed by atoms with Crippen LogP contribution in [0.25, 0.3) is 0 Å². The Morgan fingerprint density at radius 1 is 1.15 bits per heavy atom. The number of aliphatic hydroxyl groups is 1. The smallest absolute Gasteiger partial charge is 0.203 e. The van der Waals surface area contributed by atoms with Crippen molar-refractivity contribution in [1.29, 1.82) is 0 Å². The molecule has 0 aliphatic rings. The Bertz CT molecular complexity index is 532. The first kappa shape index (κ1) is 16.9. The molecule has 0 amide bonds. The molecule has 1 aromatic carbocycles. The summed E-state index contributed by atoms with van der Waals surface area (Å²) < 4.78 is 39.6. The fraction of sp³-hybridized carbons (Fsp3) is 0.500. The van der Waals surface area contributed by atoms with E-state index in [1.807, 2.05) is 0 Å². The van der Waals surface area contributed by atoms with E-state index in [0.717, 1.165) is 0 Å². The van der Waals surface area contributed by atoms with E-state index in [4.69, 9.17) is 25.8 Å². The second-order valence-electron chi connectivity index (χ2n) is 3.95. The lowest BCUT2D eigenvalue weighted by molar-refractivity contribution is 0.221. The van der Waals surface area contributed by atoms with Crippen LogP contribution in [0.4, 0.5) is 0 Å². The number of benzene rings is 1. The highest BCUT2D eigenvalue weighted by Gasteiger charge is 2.23. The highest BCUT2D eigenvalue weighted by Crippen LogP contribution is 2.39. The maximum Gasteiger partial charge on any atom is 0.203 e. The van der Waals surface area contributed by atoms with Crippen LogP contribution in [-0.2, 0) is 9.84 Å². The molecule has 0 saturated heterocycles. The van der Waals surface area contributed by atoms with Crippen LogP contribution in [0, 0.1) is 0 Å². The third kappa shape index (κ3) is 3.68. The number of hydrogen-bond acceptors (Lipinski definition) is 6. The standard InChI is InChI=1S/C12H17ClO6S/c1-17-10-4-9(5-11(18-2)12(10)19-3)20(15,16)7-8(14)6-13/h4-5,8,14H,6-7H2,1-3H3. The van der Waals surface area contributed by atoms with Crippen molar-refractivity contribution in [3.8, 4) is 17.2 Å². The molecule has 20 heavy (non-hydrogen) atoms. The number of alkyl halides is 1. The van der Waals surface area contributed by atoms with Gasteiger partial charge in [0.2, 0.25) is 5.75 Å². The van der Waals surface area contributed by atoms with Gasteiger partial charge in [0.25, 0.3) is 0 Å². The van der Waals surface area contributed by atoms with Gasteiger partial charge in [-0.1, -0.05) is 0 Å². The number of sulfone groups is 1. The van der Waals surface area contributed by atoms with Crippen LogP contribution in [0.2, 0.25) is 0 Å². The van der Waals surface area contributed by atoms with Crippen molar-refractivity contribution >= 4 is 21.4 Å². The van der Waals surface area contributed by atoms with Gasteiger partial charge in [-0.3, -0.25) is 0 Å². The molecule has 0 saturated carbocycles. The Labute approximate surface area is 123 Å². The Morgan fingerprint density at radius 3 is 2.00 bits per heavy atom. The molecule has 0 spiro atoms. The molecule has 0 radical (unpaired) electrons. The summed E-state index contributed by atoms with van der Waals surface area (Å²) in [4.78, 5) is -0.0313. The van der Waals surface area contributed by atoms with E-state index in [1.165, 1.54) is 33.5 Å². The zero-order valence-electron chi connectivity index (χ0n) is 11.4. The van der Waals surface area contributed by atoms with Crippen LogP contribution < -0.4 is 14.2 Å². The van der Waals surface area contributed by atoms with Crippen LogP contribution in [0.5, 0.6) is 17.2 Å². The highest BCUT2D eigenvalue weighted by molar-refractivity contribution is 7.91. The van der Waals surface area contributed by atoms with Crippen molar-refractivity contribution in [2.24, 2.45) is 0 Å². The summed E-state index contributed by atoms with van der Waals surface area (Å²) in [7, 11) is 0.491. The molecule has 0 aliphatic carbocycles. The van der Waals surface area contributed by atoms with Crippen molar-refractivity contribution in [3.05, 3.63) is 12.1 Å². The number of halogens is 1. The minimum atomic E-state index is -3.71. The highest BCUT2D eigenvalue weighted by atomic mass is 35.5. The van der Waals surface area contributed by atoms with Crippen LogP contribution >= 0.6 is 11.6 Å². The Kier molecular flexibility index (Phi) is 5.91. The first-order valence-corrected chi connectivity index (χ1v) is 7.85. The second-order valence-corrected chi connectivity index (χ2v) is 6.29. The average Bonchev–Trinajstić information content (AvgIpc) is 2.44. The van der Waals surface area contributed by atoms with Crippen molar-refractivity contribution in [2.45, 2.75) is 11.0 Å². The van der Waals surface area contributed by atoms with Crippen molar-refractivity contribution in [3.63, 3.8) is 0 Å². The molecular formula is C12H17ClO6S. The zero-order valence-corrected chi connectivity index (χ0v) is 13.0. The molecule has 0 bridgehead atoms. The quantitative estimate of drug-likeness (QED) is 0.756. The van der Waals surface area contributed by atoms with E-state index in [9.17, 15) is 13.5 Å². The van der Waals surface area contributed by atoms with E-state index in [1.54, 1.807) is 0 Å². The molecule has 1 atom stereocenters. The lowest BCUT2D eigenvalue weighted by Crippen LogP contribution is -2.22. The van der Waals surface area contributed by atoms with Gasteiger partial charge in [0.1, 0.15) is 0 Å². The van der Waals surface area contributed by atoms with E-state index in [-0.39, 0.29) is 22.3 Å². The molecule has 6 nitrogen and oxygen atoms in total. The normalized spacial score (nSPS) is 12.8. The number of rotatable bonds is 7. The number of ether oxygens (including phenoxy) is 3. The molecule has 0 aliphatic heterocycles. The Balaban J connectivity index is 3.32. The van der Waals surface area contributed by atoms with Crippen molar-refractivity contribution < 1.29 is 27.7 Å². The third-order valence-corrected chi connectivity index (χ3v) is 4.72. The van der Waals surface area contributed by atoms with Crippen LogP contribution in [-0.4, -0.2) is 52.6 Å². The fourth-order valence-electron chi connectivity index (χ4n) is 1.63. The van der Waals surface area contributed by atoms with Gasteiger partial charge in [-0.05, 0) is 0 Å². The second kappa shape index (κ2) is 7.01. The fourth-order valence-corrected chi connectivity index (χ4v) is 3.26. The first-order chi connectivity index (χ1) is 9.39. The lowest BCUT2D eigenvalue weighted by atomic mass is 10.3. The summed E-state index contributed by atoms with van der Waals surface area (Å²) in [6.07, 6.45) is -1.14. The molecule has 1 aromatic rings. The number of aliphatic hydroxyl groups excluding tert-OH is 1. The molecule has 1 rings (SSSR count). The maximum atomic E-state index is 12.2. The van der Waals surface area contributed by atoms with Gasteiger partial charge >= 0.3 is 0 Å². The number of methoxy groups -OCH3 is 3. The summed E-state index contributed by atoms with van der Waals surface area (Å²) in [5, 5.41) is 9.41. The summed E-state index contributed by atoms with van der Waals surface area (Å²) in [6.45, 7) is 0. The third-order valence-electron chi connectivity index (χ3n) is 2.59. The van der Waals surface area contributed by atoms with Gasteiger partial charge < -0.3 is 19.3 Å². The van der Waals surface area contributed by atoms with E-state index >= 15 is 0 Å². The largest absolute Gasteiger partial charge is 0.493 e. The van der Waals surface area contributed by atoms with Crippen molar-refractivity contribution in [2.75, 3.05) is 33.0 Å². The average molecular weight is 325 g/mol. The van der Waals surface area contributed by atoms with Crippen LogP contribution in [0.1, 0.15) is 0 Å². The molecule has 0 aromatic heterocycles. The molecule has 1 unspecified atom stereocenters. The van der Waals surface area contributed by atoms with Crippen molar-refractivity contribution in [1.82, 2.24) is 0 Å². The minimum Gasteiger partial charge on any atom is -0.493 e. The monoisotopic (exact) mass is 324 g/mol. The SMILES string of the molecule is COc1cc(S(=O)(=O)CC(O)CCl)cc(OC)c1OC. The molecule has 8 heteroatoms. The summed E-state index contributed by atoms with van der Waals surface area (Å²) in [5.74, 6) is 0.113. The topological polar surface area (TPSA) is 82.1 Å². The lowest BCUT2D eigenvalue weighted by Gasteiger charge is -2.15. The minimum absolute atomic E-state index is 0.0313. The summed E-state index contributed by atoms with van der Waals surface area (Å²) in [6, 6.07) is 2.63. The molecular weight excluding hydrogens is 308 g/mol. The predicted molar refractivity (Wildman–Crippen MR) is 74.9 cm³/mol. The maximum absolute atomic E-state index is 12.2. The van der Waals surface area contributed by atoms with E-state index < -0.39 is 21.7 Å². The van der Waals surface area contributed by atoms with Gasteiger partial charge in [0, 0.05) is 18.0 Å². The predicted octanol–water partition coefficient (Wildman–Crippen LogP) is 1.09. The summed E-state index contributed by atoms with van der Waals surface area (Å²) in [5.41, 5.74) is 0. The molecule has 0 heterocycles. The van der Waals surface area contributed by atoms with E-state index in [2.05, 4.69) is 0 Å². The van der Waals surface area contributed by atoms with E-state index in [0.29, 0.717) is 5.75 Å². The number of hydrogen-bond donors (Lipinski definition) is 1. The van der Waals surface area contributed by atoms with Gasteiger partial charge in [-0.2, -0.15) is 0 Å². The first-order valence-electron chi connectivity index (χ1n) is 5.66. The molecule has 114 valence electrons. The van der Waals surface area contributed by atoms with Gasteiger partial charge in [-0.25, -0.2) is 8.42 Å². The Morgan fingerprint density at radius 2 is 1.65 bits per heavy atom. The summed E-state index contributed by atoms with van der Waals surface area (Å²) >= 11 is 5.43. The van der Waals surface area contributed by atoms with Gasteiger partial charge in [0.05, 0.1) is 38.1 Å². The van der Waals surface area contributed by atoms with Gasteiger partial charge in [0.15, 0.2) is 21.3 Å². The molecule has 0 fully saturated rings. The van der Waals surface area contributed by atoms with Crippen LogP contribution in [0.15, 0.2) is 17.0 Å². The molecule has 1 N–H and O–H groups in total. The zero-order chi connectivity index (χ0) is 15.3. The Hall–Kier alpha value is -1.18.